The Morgan fingerprint density at radius 3 is 2.00 bits per heavy atom. The smallest absolute Gasteiger partial charge is 0.150 e. The van der Waals surface area contributed by atoms with E-state index in [2.05, 4.69) is 6.92 Å². The molecule has 0 fully saturated rings. The minimum absolute atomic E-state index is 0.696. The van der Waals surface area contributed by atoms with Gasteiger partial charge in [0, 0.05) is 5.56 Å². The van der Waals surface area contributed by atoms with Gasteiger partial charge in [0.25, 0.3) is 0 Å². The van der Waals surface area contributed by atoms with Gasteiger partial charge in [0.2, 0.25) is 0 Å². The molecule has 2 nitrogen and oxygen atoms in total. The van der Waals surface area contributed by atoms with E-state index in [1.165, 1.54) is 0 Å². The second-order valence-electron chi connectivity index (χ2n) is 4.11. The molecule has 0 N–H and O–H groups in total. The molecule has 18 heavy (non-hydrogen) atoms. The van der Waals surface area contributed by atoms with Crippen LogP contribution in [0.5, 0.6) is 5.75 Å². The first-order valence-corrected chi connectivity index (χ1v) is 6.12. The lowest BCUT2D eigenvalue weighted by Gasteiger charge is -2.06. The summed E-state index contributed by atoms with van der Waals surface area (Å²) < 4.78 is 5.54. The van der Waals surface area contributed by atoms with Gasteiger partial charge >= 0.3 is 0 Å². The van der Waals surface area contributed by atoms with Crippen LogP contribution in [0.4, 0.5) is 0 Å². The molecule has 0 bridgehead atoms. The van der Waals surface area contributed by atoms with E-state index in [-0.39, 0.29) is 0 Å². The lowest BCUT2D eigenvalue weighted by atomic mass is 10.0. The Morgan fingerprint density at radius 2 is 1.50 bits per heavy atom. The maximum absolute atomic E-state index is 10.6. The van der Waals surface area contributed by atoms with E-state index < -0.39 is 0 Å². The molecule has 92 valence electrons. The van der Waals surface area contributed by atoms with Crippen molar-refractivity contribution in [3.63, 3.8) is 0 Å². The second kappa shape index (κ2) is 6.01. The number of benzene rings is 2. The Kier molecular flexibility index (Phi) is 4.13. The van der Waals surface area contributed by atoms with Crippen LogP contribution in [0.1, 0.15) is 23.7 Å². The summed E-state index contributed by atoms with van der Waals surface area (Å²) in [6.07, 6.45) is 1.86. The average Bonchev–Trinajstić information content (AvgIpc) is 2.46. The first kappa shape index (κ1) is 12.4. The Bertz CT molecular complexity index is 498. The molecule has 0 unspecified atom stereocenters. The summed E-state index contributed by atoms with van der Waals surface area (Å²) in [5, 5.41) is 0. The molecule has 0 spiro atoms. The molecule has 0 saturated carbocycles. The maximum Gasteiger partial charge on any atom is 0.150 e. The molecule has 0 saturated heterocycles. The molecule has 0 aromatic heterocycles. The van der Waals surface area contributed by atoms with Gasteiger partial charge in [0.1, 0.15) is 12.0 Å². The minimum Gasteiger partial charge on any atom is -0.494 e. The first-order valence-electron chi connectivity index (χ1n) is 6.12. The van der Waals surface area contributed by atoms with Crippen molar-refractivity contribution >= 4 is 6.29 Å². The number of aldehydes is 1. The van der Waals surface area contributed by atoms with Crippen molar-refractivity contribution in [2.45, 2.75) is 13.3 Å². The van der Waals surface area contributed by atoms with Gasteiger partial charge in [-0.1, -0.05) is 43.3 Å². The standard InChI is InChI=1S/C16H16O2/c1-2-11-18-16-9-7-15(8-10-16)14-5-3-13(12-17)4-6-14/h3-10,12H,2,11H2,1H3. The molecule has 2 aromatic carbocycles. The zero-order valence-electron chi connectivity index (χ0n) is 10.4. The van der Waals surface area contributed by atoms with Crippen LogP contribution in [0.25, 0.3) is 11.1 Å². The van der Waals surface area contributed by atoms with Gasteiger partial charge in [-0.05, 0) is 29.7 Å². The predicted octanol–water partition coefficient (Wildman–Crippen LogP) is 3.95. The van der Waals surface area contributed by atoms with Crippen molar-refractivity contribution in [2.24, 2.45) is 0 Å². The fraction of sp³-hybridized carbons (Fsp3) is 0.188. The van der Waals surface area contributed by atoms with E-state index >= 15 is 0 Å². The summed E-state index contributed by atoms with van der Waals surface area (Å²) >= 11 is 0. The predicted molar refractivity (Wildman–Crippen MR) is 73.1 cm³/mol. The number of ether oxygens (including phenoxy) is 1. The highest BCUT2D eigenvalue weighted by Gasteiger charge is 1.99. The fourth-order valence-electron chi connectivity index (χ4n) is 1.72. The molecule has 0 atom stereocenters. The first-order chi connectivity index (χ1) is 8.83. The highest BCUT2D eigenvalue weighted by atomic mass is 16.5. The van der Waals surface area contributed by atoms with Gasteiger partial charge in [-0.25, -0.2) is 0 Å². The van der Waals surface area contributed by atoms with Crippen molar-refractivity contribution in [3.8, 4) is 16.9 Å². The van der Waals surface area contributed by atoms with E-state index in [9.17, 15) is 4.79 Å². The van der Waals surface area contributed by atoms with Crippen molar-refractivity contribution in [1.29, 1.82) is 0 Å². The zero-order valence-corrected chi connectivity index (χ0v) is 10.4. The third kappa shape index (κ3) is 2.98. The van der Waals surface area contributed by atoms with Gasteiger partial charge in [-0.15, -0.1) is 0 Å². The third-order valence-corrected chi connectivity index (χ3v) is 2.71. The minimum atomic E-state index is 0.696. The van der Waals surface area contributed by atoms with Crippen molar-refractivity contribution in [3.05, 3.63) is 54.1 Å². The molecule has 2 heteroatoms. The molecule has 0 aliphatic rings. The van der Waals surface area contributed by atoms with E-state index in [4.69, 9.17) is 4.74 Å². The summed E-state index contributed by atoms with van der Waals surface area (Å²) in [7, 11) is 0. The third-order valence-electron chi connectivity index (χ3n) is 2.71. The molecular formula is C16H16O2. The van der Waals surface area contributed by atoms with E-state index in [1.54, 1.807) is 0 Å². The molecule has 0 aliphatic carbocycles. The Hall–Kier alpha value is -2.09. The molecule has 0 aliphatic heterocycles. The summed E-state index contributed by atoms with van der Waals surface area (Å²) in [4.78, 5) is 10.6. The second-order valence-corrected chi connectivity index (χ2v) is 4.11. The van der Waals surface area contributed by atoms with Gasteiger partial charge in [-0.2, -0.15) is 0 Å². The molecule has 2 aromatic rings. The van der Waals surface area contributed by atoms with Crippen LogP contribution in [0.2, 0.25) is 0 Å². The molecule has 0 radical (unpaired) electrons. The van der Waals surface area contributed by atoms with Crippen LogP contribution in [0.15, 0.2) is 48.5 Å². The summed E-state index contributed by atoms with van der Waals surface area (Å²) in [5.41, 5.74) is 2.92. The van der Waals surface area contributed by atoms with Gasteiger partial charge in [0.05, 0.1) is 6.61 Å². The number of rotatable bonds is 5. The highest BCUT2D eigenvalue weighted by molar-refractivity contribution is 5.76. The van der Waals surface area contributed by atoms with Crippen molar-refractivity contribution in [2.75, 3.05) is 6.61 Å². The van der Waals surface area contributed by atoms with Crippen molar-refractivity contribution < 1.29 is 9.53 Å². The Balaban J connectivity index is 2.14. The SMILES string of the molecule is CCCOc1ccc(-c2ccc(C=O)cc2)cc1. The zero-order chi connectivity index (χ0) is 12.8. The monoisotopic (exact) mass is 240 g/mol. The Labute approximate surface area is 107 Å². The lowest BCUT2D eigenvalue weighted by molar-refractivity contribution is 0.112. The topological polar surface area (TPSA) is 26.3 Å². The van der Waals surface area contributed by atoms with Crippen LogP contribution in [0, 0.1) is 0 Å². The van der Waals surface area contributed by atoms with E-state index in [0.717, 1.165) is 36.2 Å². The average molecular weight is 240 g/mol. The van der Waals surface area contributed by atoms with Crippen LogP contribution < -0.4 is 4.74 Å². The van der Waals surface area contributed by atoms with Crippen LogP contribution in [-0.2, 0) is 0 Å². The normalized spacial score (nSPS) is 10.1. The van der Waals surface area contributed by atoms with E-state index in [1.807, 2.05) is 48.5 Å². The quantitative estimate of drug-likeness (QED) is 0.739. The maximum atomic E-state index is 10.6. The van der Waals surface area contributed by atoms with Crippen molar-refractivity contribution in [1.82, 2.24) is 0 Å². The van der Waals surface area contributed by atoms with Crippen LogP contribution in [-0.4, -0.2) is 12.9 Å². The summed E-state index contributed by atoms with van der Waals surface area (Å²) in [5.74, 6) is 0.894. The molecular weight excluding hydrogens is 224 g/mol. The molecule has 2 rings (SSSR count). The lowest BCUT2D eigenvalue weighted by Crippen LogP contribution is -1.94. The number of hydrogen-bond acceptors (Lipinski definition) is 2. The van der Waals surface area contributed by atoms with Gasteiger partial charge < -0.3 is 4.74 Å². The summed E-state index contributed by atoms with van der Waals surface area (Å²) in [6, 6.07) is 15.5. The summed E-state index contributed by atoms with van der Waals surface area (Å²) in [6.45, 7) is 2.83. The van der Waals surface area contributed by atoms with Crippen LogP contribution >= 0.6 is 0 Å². The Morgan fingerprint density at radius 1 is 0.944 bits per heavy atom. The van der Waals surface area contributed by atoms with Crippen LogP contribution in [0.3, 0.4) is 0 Å². The molecule has 0 amide bonds. The van der Waals surface area contributed by atoms with Gasteiger partial charge in [0.15, 0.2) is 0 Å². The highest BCUT2D eigenvalue weighted by Crippen LogP contribution is 2.22. The van der Waals surface area contributed by atoms with Gasteiger partial charge in [-0.3, -0.25) is 4.79 Å². The largest absolute Gasteiger partial charge is 0.494 e. The number of carbonyl (C=O) groups is 1. The van der Waals surface area contributed by atoms with E-state index in [0.29, 0.717) is 5.56 Å². The molecule has 0 heterocycles. The number of hydrogen-bond donors (Lipinski definition) is 0. The number of carbonyl (C=O) groups excluding carboxylic acids is 1. The fourth-order valence-corrected chi connectivity index (χ4v) is 1.72.